The smallest absolute Gasteiger partial charge is 0.303 e. The van der Waals surface area contributed by atoms with Crippen molar-refractivity contribution in [1.82, 2.24) is 0 Å². The van der Waals surface area contributed by atoms with Crippen molar-refractivity contribution in [3.8, 4) is 0 Å². The van der Waals surface area contributed by atoms with Gasteiger partial charge in [-0.25, -0.2) is 0 Å². The SMILES string of the molecule is C=CC[S+](C)CP(=O)(OC(C)C)OC(C)C. The number of rotatable bonds is 8. The zero-order valence-electron chi connectivity index (χ0n) is 10.9. The van der Waals surface area contributed by atoms with Gasteiger partial charge in [0.1, 0.15) is 5.75 Å². The summed E-state index contributed by atoms with van der Waals surface area (Å²) >= 11 is 0. The Balaban J connectivity index is 4.52. The quantitative estimate of drug-likeness (QED) is 0.384. The van der Waals surface area contributed by atoms with Crippen LogP contribution in [0.4, 0.5) is 0 Å². The molecule has 0 bridgehead atoms. The van der Waals surface area contributed by atoms with Crippen molar-refractivity contribution in [2.45, 2.75) is 39.9 Å². The van der Waals surface area contributed by atoms with E-state index in [1.807, 2.05) is 33.8 Å². The Hall–Kier alpha value is 0.240. The average Bonchev–Trinajstić information content (AvgIpc) is 1.98. The highest BCUT2D eigenvalue weighted by atomic mass is 32.2. The van der Waals surface area contributed by atoms with Crippen LogP contribution >= 0.6 is 7.60 Å². The van der Waals surface area contributed by atoms with Crippen LogP contribution in [-0.4, -0.2) is 29.7 Å². The molecule has 0 saturated carbocycles. The molecule has 0 aromatic carbocycles. The summed E-state index contributed by atoms with van der Waals surface area (Å²) < 4.78 is 23.4. The van der Waals surface area contributed by atoms with Crippen molar-refractivity contribution in [1.29, 1.82) is 0 Å². The van der Waals surface area contributed by atoms with E-state index >= 15 is 0 Å². The lowest BCUT2D eigenvalue weighted by Gasteiger charge is -2.21. The zero-order chi connectivity index (χ0) is 12.8. The summed E-state index contributed by atoms with van der Waals surface area (Å²) in [5.74, 6) is 0.854. The maximum absolute atomic E-state index is 12.4. The maximum atomic E-state index is 12.4. The van der Waals surface area contributed by atoms with Gasteiger partial charge in [-0.2, -0.15) is 0 Å². The molecule has 0 aliphatic carbocycles. The van der Waals surface area contributed by atoms with E-state index in [-0.39, 0.29) is 23.1 Å². The van der Waals surface area contributed by atoms with Gasteiger partial charge in [0, 0.05) is 10.9 Å². The summed E-state index contributed by atoms with van der Waals surface area (Å²) in [5.41, 5.74) is 0.482. The van der Waals surface area contributed by atoms with Crippen LogP contribution in [0.15, 0.2) is 12.7 Å². The Labute approximate surface area is 102 Å². The molecule has 96 valence electrons. The van der Waals surface area contributed by atoms with Crippen LogP contribution in [-0.2, 0) is 24.5 Å². The highest BCUT2D eigenvalue weighted by molar-refractivity contribution is 8.01. The maximum Gasteiger partial charge on any atom is 0.379 e. The van der Waals surface area contributed by atoms with E-state index in [0.717, 1.165) is 5.75 Å². The first-order chi connectivity index (χ1) is 7.29. The third kappa shape index (κ3) is 7.50. The minimum absolute atomic E-state index is 0.00349. The standard InChI is InChI=1S/C11H24O3PS/c1-7-8-16(6)9-15(12,13-10(2)3)14-11(4)5/h7,10-11H,1,8-9H2,2-6H3/q+1. The van der Waals surface area contributed by atoms with Gasteiger partial charge in [-0.15, -0.1) is 0 Å². The van der Waals surface area contributed by atoms with Crippen LogP contribution in [0.2, 0.25) is 0 Å². The van der Waals surface area contributed by atoms with Gasteiger partial charge in [-0.3, -0.25) is 4.57 Å². The zero-order valence-corrected chi connectivity index (χ0v) is 12.6. The second-order valence-electron chi connectivity index (χ2n) is 4.29. The summed E-state index contributed by atoms with van der Waals surface area (Å²) in [5, 5.41) is 0. The first kappa shape index (κ1) is 16.2. The van der Waals surface area contributed by atoms with Gasteiger partial charge in [0.15, 0.2) is 0 Å². The number of hydrogen-bond acceptors (Lipinski definition) is 3. The van der Waals surface area contributed by atoms with Gasteiger partial charge >= 0.3 is 7.60 Å². The van der Waals surface area contributed by atoms with Crippen LogP contribution in [0.25, 0.3) is 0 Å². The molecule has 0 N–H and O–H groups in total. The normalized spacial score (nSPS) is 14.4. The Morgan fingerprint density at radius 1 is 1.25 bits per heavy atom. The van der Waals surface area contributed by atoms with Crippen molar-refractivity contribution in [3.05, 3.63) is 12.7 Å². The Morgan fingerprint density at radius 2 is 1.69 bits per heavy atom. The molecule has 0 radical (unpaired) electrons. The highest BCUT2D eigenvalue weighted by Gasteiger charge is 2.34. The Kier molecular flexibility index (Phi) is 7.66. The van der Waals surface area contributed by atoms with Crippen LogP contribution in [0, 0.1) is 0 Å². The lowest BCUT2D eigenvalue weighted by molar-refractivity contribution is 0.145. The summed E-state index contributed by atoms with van der Waals surface area (Å²) in [6.07, 6.45) is 3.75. The minimum Gasteiger partial charge on any atom is -0.303 e. The molecule has 0 fully saturated rings. The molecule has 0 saturated heterocycles. The minimum atomic E-state index is -2.95. The largest absolute Gasteiger partial charge is 0.379 e. The molecular weight excluding hydrogens is 243 g/mol. The van der Waals surface area contributed by atoms with Crippen molar-refractivity contribution in [3.63, 3.8) is 0 Å². The fourth-order valence-electron chi connectivity index (χ4n) is 1.25. The molecule has 0 spiro atoms. The highest BCUT2D eigenvalue weighted by Crippen LogP contribution is 2.51. The molecule has 0 aromatic rings. The van der Waals surface area contributed by atoms with Crippen LogP contribution in [0.5, 0.6) is 0 Å². The molecule has 0 aliphatic heterocycles. The average molecular weight is 267 g/mol. The van der Waals surface area contributed by atoms with Crippen molar-refractivity contribution in [2.75, 3.05) is 17.5 Å². The topological polar surface area (TPSA) is 35.5 Å². The molecule has 3 nitrogen and oxygen atoms in total. The van der Waals surface area contributed by atoms with Crippen LogP contribution < -0.4 is 0 Å². The first-order valence-electron chi connectivity index (χ1n) is 5.45. The molecule has 0 heterocycles. The second kappa shape index (κ2) is 7.54. The predicted molar refractivity (Wildman–Crippen MR) is 73.3 cm³/mol. The van der Waals surface area contributed by atoms with Crippen molar-refractivity contribution in [2.24, 2.45) is 0 Å². The van der Waals surface area contributed by atoms with E-state index in [0.29, 0.717) is 5.49 Å². The predicted octanol–water partition coefficient (Wildman–Crippen LogP) is 3.42. The molecule has 1 atom stereocenters. The van der Waals surface area contributed by atoms with Gasteiger partial charge in [-0.1, -0.05) is 6.58 Å². The fraction of sp³-hybridized carbons (Fsp3) is 0.818. The molecule has 16 heavy (non-hydrogen) atoms. The third-order valence-electron chi connectivity index (χ3n) is 1.52. The molecule has 0 rings (SSSR count). The summed E-state index contributed by atoms with van der Waals surface area (Å²) in [6, 6.07) is 0. The molecule has 0 aromatic heterocycles. The van der Waals surface area contributed by atoms with Gasteiger partial charge in [0.25, 0.3) is 0 Å². The molecule has 0 aliphatic rings. The van der Waals surface area contributed by atoms with E-state index in [4.69, 9.17) is 9.05 Å². The van der Waals surface area contributed by atoms with E-state index in [1.165, 1.54) is 0 Å². The lowest BCUT2D eigenvalue weighted by atomic mass is 10.5. The van der Waals surface area contributed by atoms with Gasteiger partial charge in [-0.05, 0) is 33.8 Å². The molecular formula is C11H24O3PS+. The summed E-state index contributed by atoms with van der Waals surface area (Å²) in [6.45, 7) is 11.2. The van der Waals surface area contributed by atoms with Crippen LogP contribution in [0.3, 0.4) is 0 Å². The Morgan fingerprint density at radius 3 is 2.00 bits per heavy atom. The molecule has 1 unspecified atom stereocenters. The lowest BCUT2D eigenvalue weighted by Crippen LogP contribution is -2.16. The fourth-order valence-corrected chi connectivity index (χ4v) is 6.06. The first-order valence-corrected chi connectivity index (χ1v) is 9.15. The van der Waals surface area contributed by atoms with Crippen molar-refractivity contribution < 1.29 is 13.6 Å². The van der Waals surface area contributed by atoms with Gasteiger partial charge < -0.3 is 9.05 Å². The molecule has 0 amide bonds. The monoisotopic (exact) mass is 267 g/mol. The van der Waals surface area contributed by atoms with E-state index < -0.39 is 7.60 Å². The second-order valence-corrected chi connectivity index (χ2v) is 8.86. The van der Waals surface area contributed by atoms with Crippen LogP contribution in [0.1, 0.15) is 27.7 Å². The summed E-state index contributed by atoms with van der Waals surface area (Å²) in [4.78, 5) is 0. The number of hydrogen-bond donors (Lipinski definition) is 0. The van der Waals surface area contributed by atoms with Gasteiger partial charge in [0.2, 0.25) is 5.49 Å². The summed E-state index contributed by atoms with van der Waals surface area (Å²) in [7, 11) is -2.96. The van der Waals surface area contributed by atoms with Crippen molar-refractivity contribution >= 4 is 18.5 Å². The van der Waals surface area contributed by atoms with E-state index in [1.54, 1.807) is 0 Å². The van der Waals surface area contributed by atoms with E-state index in [9.17, 15) is 4.57 Å². The molecule has 5 heteroatoms. The Bertz CT molecular complexity index is 240. The van der Waals surface area contributed by atoms with E-state index in [2.05, 4.69) is 12.8 Å². The van der Waals surface area contributed by atoms with Gasteiger partial charge in [0.05, 0.1) is 18.5 Å². The third-order valence-corrected chi connectivity index (χ3v) is 6.84.